The molecule has 2 aromatic rings. The standard InChI is InChI=1S/C18H17BrFN3OS/c1-18(8-9-25-17(21)23-18)12-4-7-14(20)15(10-12)22-16(24)11-2-5-13(19)6-3-11/h2-7,10H,8-9H2,1H3,(H2,21,23)(H,22,24). The van der Waals surface area contributed by atoms with Gasteiger partial charge in [-0.1, -0.05) is 33.8 Å². The SMILES string of the molecule is CC1(c2ccc(F)c(NC(=O)c3ccc(Br)cc3)c2)CCSC(N)=N1. The number of thioether (sulfide) groups is 1. The summed E-state index contributed by atoms with van der Waals surface area (Å²) in [6, 6.07) is 11.6. The summed E-state index contributed by atoms with van der Waals surface area (Å²) in [5.74, 6) is -0.0000630. The molecule has 0 aliphatic carbocycles. The van der Waals surface area contributed by atoms with Crippen LogP contribution in [0.2, 0.25) is 0 Å². The lowest BCUT2D eigenvalue weighted by Crippen LogP contribution is -2.29. The summed E-state index contributed by atoms with van der Waals surface area (Å²) in [5, 5.41) is 3.17. The number of rotatable bonds is 3. The molecule has 2 aromatic carbocycles. The van der Waals surface area contributed by atoms with Gasteiger partial charge in [-0.15, -0.1) is 0 Å². The van der Waals surface area contributed by atoms with E-state index in [0.29, 0.717) is 10.7 Å². The van der Waals surface area contributed by atoms with Crippen LogP contribution in [0.25, 0.3) is 0 Å². The minimum atomic E-state index is -0.514. The monoisotopic (exact) mass is 421 g/mol. The van der Waals surface area contributed by atoms with Crippen molar-refractivity contribution in [3.8, 4) is 0 Å². The molecule has 25 heavy (non-hydrogen) atoms. The molecule has 0 saturated carbocycles. The zero-order chi connectivity index (χ0) is 18.0. The number of nitrogens with one attached hydrogen (secondary N) is 1. The van der Waals surface area contributed by atoms with Crippen LogP contribution in [0.1, 0.15) is 29.3 Å². The summed E-state index contributed by atoms with van der Waals surface area (Å²) in [6.07, 6.45) is 0.796. The van der Waals surface area contributed by atoms with Gasteiger partial charge in [-0.3, -0.25) is 9.79 Å². The molecule has 1 unspecified atom stereocenters. The van der Waals surface area contributed by atoms with Gasteiger partial charge in [0.2, 0.25) is 0 Å². The normalized spacial score (nSPS) is 20.0. The highest BCUT2D eigenvalue weighted by Gasteiger charge is 2.30. The predicted molar refractivity (Wildman–Crippen MR) is 105 cm³/mol. The molecule has 130 valence electrons. The maximum absolute atomic E-state index is 14.2. The summed E-state index contributed by atoms with van der Waals surface area (Å²) < 4.78 is 15.1. The van der Waals surface area contributed by atoms with Crippen LogP contribution in [0.15, 0.2) is 51.9 Å². The molecule has 0 fully saturated rings. The van der Waals surface area contributed by atoms with E-state index in [1.54, 1.807) is 36.4 Å². The lowest BCUT2D eigenvalue weighted by molar-refractivity contribution is 0.102. The average Bonchev–Trinajstić information content (AvgIpc) is 2.57. The van der Waals surface area contributed by atoms with E-state index in [0.717, 1.165) is 22.2 Å². The minimum absolute atomic E-state index is 0.138. The first-order valence-corrected chi connectivity index (χ1v) is 9.50. The van der Waals surface area contributed by atoms with Gasteiger partial charge in [-0.2, -0.15) is 0 Å². The van der Waals surface area contributed by atoms with Gasteiger partial charge in [0.25, 0.3) is 5.91 Å². The molecule has 4 nitrogen and oxygen atoms in total. The maximum Gasteiger partial charge on any atom is 0.255 e. The third-order valence-corrected chi connectivity index (χ3v) is 5.46. The quantitative estimate of drug-likeness (QED) is 0.765. The Balaban J connectivity index is 1.88. The van der Waals surface area contributed by atoms with Crippen molar-refractivity contribution in [3.63, 3.8) is 0 Å². The van der Waals surface area contributed by atoms with Crippen molar-refractivity contribution in [1.29, 1.82) is 0 Å². The fraction of sp³-hybridized carbons (Fsp3) is 0.222. The first-order chi connectivity index (χ1) is 11.9. The van der Waals surface area contributed by atoms with Crippen molar-refractivity contribution in [1.82, 2.24) is 0 Å². The smallest absolute Gasteiger partial charge is 0.255 e. The van der Waals surface area contributed by atoms with Gasteiger partial charge in [0.1, 0.15) is 5.82 Å². The summed E-state index contributed by atoms with van der Waals surface area (Å²) in [4.78, 5) is 16.9. The number of amidine groups is 1. The Morgan fingerprint density at radius 2 is 2.04 bits per heavy atom. The van der Waals surface area contributed by atoms with E-state index in [2.05, 4.69) is 26.2 Å². The molecular weight excluding hydrogens is 405 g/mol. The fourth-order valence-electron chi connectivity index (χ4n) is 2.65. The zero-order valence-corrected chi connectivity index (χ0v) is 16.0. The number of aliphatic imine (C=N–C) groups is 1. The number of anilines is 1. The van der Waals surface area contributed by atoms with Crippen LogP contribution in [-0.2, 0) is 5.54 Å². The van der Waals surface area contributed by atoms with Crippen molar-refractivity contribution in [2.75, 3.05) is 11.1 Å². The average molecular weight is 422 g/mol. The largest absolute Gasteiger partial charge is 0.379 e. The Labute approximate surface area is 158 Å². The lowest BCUT2D eigenvalue weighted by atomic mass is 9.89. The maximum atomic E-state index is 14.2. The first-order valence-electron chi connectivity index (χ1n) is 7.72. The second-order valence-corrected chi connectivity index (χ2v) is 8.01. The molecule has 3 N–H and O–H groups in total. The molecule has 1 heterocycles. The highest BCUT2D eigenvalue weighted by Crippen LogP contribution is 2.36. The molecule has 0 saturated heterocycles. The topological polar surface area (TPSA) is 67.5 Å². The molecule has 1 amide bonds. The van der Waals surface area contributed by atoms with Crippen LogP contribution >= 0.6 is 27.7 Å². The summed E-state index contributed by atoms with van der Waals surface area (Å²) in [7, 11) is 0. The third kappa shape index (κ3) is 4.04. The molecule has 0 spiro atoms. The van der Waals surface area contributed by atoms with Crippen LogP contribution in [0.5, 0.6) is 0 Å². The number of nitrogens with zero attached hydrogens (tertiary/aromatic N) is 1. The summed E-state index contributed by atoms with van der Waals surface area (Å²) in [6.45, 7) is 1.97. The molecule has 3 rings (SSSR count). The van der Waals surface area contributed by atoms with Gasteiger partial charge in [-0.25, -0.2) is 4.39 Å². The number of carbonyl (C=O) groups is 1. The van der Waals surface area contributed by atoms with E-state index in [-0.39, 0.29) is 11.6 Å². The molecule has 7 heteroatoms. The van der Waals surface area contributed by atoms with E-state index in [4.69, 9.17) is 5.73 Å². The number of carbonyl (C=O) groups excluding carboxylic acids is 1. The van der Waals surface area contributed by atoms with Gasteiger partial charge in [0.15, 0.2) is 5.17 Å². The van der Waals surface area contributed by atoms with Crippen molar-refractivity contribution in [2.45, 2.75) is 18.9 Å². The Hall–Kier alpha value is -1.86. The Morgan fingerprint density at radius 1 is 1.32 bits per heavy atom. The second kappa shape index (κ2) is 7.17. The number of hydrogen-bond donors (Lipinski definition) is 2. The molecule has 0 aromatic heterocycles. The number of hydrogen-bond acceptors (Lipinski definition) is 4. The highest BCUT2D eigenvalue weighted by molar-refractivity contribution is 9.10. The number of halogens is 2. The van der Waals surface area contributed by atoms with Crippen LogP contribution in [0.3, 0.4) is 0 Å². The van der Waals surface area contributed by atoms with E-state index >= 15 is 0 Å². The Kier molecular flexibility index (Phi) is 5.15. The lowest BCUT2D eigenvalue weighted by Gasteiger charge is -2.30. The third-order valence-electron chi connectivity index (χ3n) is 4.14. The van der Waals surface area contributed by atoms with Crippen molar-refractivity contribution in [3.05, 3.63) is 63.9 Å². The van der Waals surface area contributed by atoms with E-state index in [1.165, 1.54) is 17.8 Å². The highest BCUT2D eigenvalue weighted by atomic mass is 79.9. The van der Waals surface area contributed by atoms with Gasteiger partial charge in [0.05, 0.1) is 11.2 Å². The van der Waals surface area contributed by atoms with Crippen molar-refractivity contribution >= 4 is 44.5 Å². The molecule has 1 aliphatic rings. The zero-order valence-electron chi connectivity index (χ0n) is 13.6. The van der Waals surface area contributed by atoms with Crippen molar-refractivity contribution < 1.29 is 9.18 Å². The van der Waals surface area contributed by atoms with Crippen molar-refractivity contribution in [2.24, 2.45) is 10.7 Å². The Bertz CT molecular complexity index is 841. The molecular formula is C18H17BrFN3OS. The van der Waals surface area contributed by atoms with E-state index < -0.39 is 11.4 Å². The molecule has 1 aliphatic heterocycles. The molecule has 0 bridgehead atoms. The minimum Gasteiger partial charge on any atom is -0.379 e. The van der Waals surface area contributed by atoms with Crippen LogP contribution in [-0.4, -0.2) is 16.8 Å². The van der Waals surface area contributed by atoms with E-state index in [9.17, 15) is 9.18 Å². The molecule has 0 radical (unpaired) electrons. The van der Waals surface area contributed by atoms with Gasteiger partial charge in [-0.05, 0) is 55.3 Å². The van der Waals surface area contributed by atoms with Crippen LogP contribution in [0, 0.1) is 5.82 Å². The first kappa shape index (κ1) is 17.9. The van der Waals surface area contributed by atoms with Crippen LogP contribution in [0.4, 0.5) is 10.1 Å². The summed E-state index contributed by atoms with van der Waals surface area (Å²) in [5.41, 5.74) is 6.75. The number of benzene rings is 2. The van der Waals surface area contributed by atoms with Gasteiger partial charge >= 0.3 is 0 Å². The Morgan fingerprint density at radius 3 is 2.72 bits per heavy atom. The van der Waals surface area contributed by atoms with E-state index in [1.807, 2.05) is 6.92 Å². The number of nitrogens with two attached hydrogens (primary N) is 1. The summed E-state index contributed by atoms with van der Waals surface area (Å²) >= 11 is 4.83. The van der Waals surface area contributed by atoms with Gasteiger partial charge in [0, 0.05) is 15.8 Å². The van der Waals surface area contributed by atoms with Gasteiger partial charge < -0.3 is 11.1 Å². The molecule has 1 atom stereocenters. The van der Waals surface area contributed by atoms with Crippen LogP contribution < -0.4 is 11.1 Å². The second-order valence-electron chi connectivity index (χ2n) is 5.98. The fourth-order valence-corrected chi connectivity index (χ4v) is 3.89. The predicted octanol–water partition coefficient (Wildman–Crippen LogP) is 4.51. The number of amides is 1.